The van der Waals surface area contributed by atoms with Gasteiger partial charge in [-0.1, -0.05) is 54.6 Å². The van der Waals surface area contributed by atoms with Crippen LogP contribution in [0.25, 0.3) is 22.0 Å². The molecule has 4 nitrogen and oxygen atoms in total. The Morgan fingerprint density at radius 2 is 1.59 bits per heavy atom. The molecule has 5 rings (SSSR count). The fourth-order valence-electron chi connectivity index (χ4n) is 3.33. The number of benzene rings is 3. The summed E-state index contributed by atoms with van der Waals surface area (Å²) in [6.45, 7) is 0.657. The maximum absolute atomic E-state index is 4.43. The van der Waals surface area contributed by atoms with Gasteiger partial charge in [0.05, 0.1) is 10.8 Å². The average molecular weight is 349 g/mol. The highest BCUT2D eigenvalue weighted by atomic mass is 15.5. The maximum atomic E-state index is 4.43. The van der Waals surface area contributed by atoms with Gasteiger partial charge >= 0.3 is 0 Å². The minimum Gasteiger partial charge on any atom is -0.256 e. The van der Waals surface area contributed by atoms with Crippen molar-refractivity contribution in [2.45, 2.75) is 0 Å². The summed E-state index contributed by atoms with van der Waals surface area (Å²) in [6.07, 6.45) is 1.81. The number of rotatable bonds is 3. The molecular formula is C23H17N4+. The molecule has 0 atom stereocenters. The molecule has 0 amide bonds. The molecule has 0 N–H and O–H groups in total. The van der Waals surface area contributed by atoms with Crippen LogP contribution in [0.1, 0.15) is 5.56 Å². The molecule has 1 aromatic heterocycles. The van der Waals surface area contributed by atoms with Crippen LogP contribution in [0.3, 0.4) is 0 Å². The Morgan fingerprint density at radius 3 is 2.48 bits per heavy atom. The Hall–Kier alpha value is -3.66. The van der Waals surface area contributed by atoms with Gasteiger partial charge in [0.25, 0.3) is 0 Å². The zero-order valence-electron chi connectivity index (χ0n) is 14.7. The summed E-state index contributed by atoms with van der Waals surface area (Å²) in [7, 11) is 0. The molecule has 0 bridgehead atoms. The second-order valence-corrected chi connectivity index (χ2v) is 6.52. The van der Waals surface area contributed by atoms with Crippen LogP contribution in [0.15, 0.2) is 101 Å². The molecule has 4 heteroatoms. The maximum Gasteiger partial charge on any atom is 0.231 e. The molecule has 0 aliphatic carbocycles. The first-order valence-electron chi connectivity index (χ1n) is 8.92. The van der Waals surface area contributed by atoms with E-state index in [1.807, 2.05) is 35.2 Å². The zero-order chi connectivity index (χ0) is 18.1. The van der Waals surface area contributed by atoms with Crippen molar-refractivity contribution in [1.82, 2.24) is 4.98 Å². The second-order valence-electron chi connectivity index (χ2n) is 6.52. The van der Waals surface area contributed by atoms with Gasteiger partial charge in [-0.3, -0.25) is 4.98 Å². The molecule has 0 unspecified atom stereocenters. The lowest BCUT2D eigenvalue weighted by Crippen LogP contribution is -2.11. The van der Waals surface area contributed by atoms with Crippen LogP contribution in [0.2, 0.25) is 0 Å². The molecule has 3 aromatic carbocycles. The summed E-state index contributed by atoms with van der Waals surface area (Å²) in [5, 5.41) is 11.3. The van der Waals surface area contributed by atoms with Crippen LogP contribution in [-0.4, -0.2) is 21.9 Å². The van der Waals surface area contributed by atoms with Crippen molar-refractivity contribution in [2.75, 3.05) is 6.54 Å². The van der Waals surface area contributed by atoms with E-state index in [9.17, 15) is 0 Å². The lowest BCUT2D eigenvalue weighted by atomic mass is 10.0. The molecule has 0 spiro atoms. The number of hydrogen-bond acceptors (Lipinski definition) is 3. The van der Waals surface area contributed by atoms with Gasteiger partial charge in [0.1, 0.15) is 5.22 Å². The van der Waals surface area contributed by atoms with Crippen LogP contribution in [-0.2, 0) is 0 Å². The molecule has 27 heavy (non-hydrogen) atoms. The summed E-state index contributed by atoms with van der Waals surface area (Å²) in [6, 6.07) is 29.0. The van der Waals surface area contributed by atoms with Crippen LogP contribution < -0.4 is 0 Å². The zero-order valence-corrected chi connectivity index (χ0v) is 14.7. The molecule has 1 aliphatic heterocycles. The van der Waals surface area contributed by atoms with Crippen molar-refractivity contribution in [2.24, 2.45) is 10.3 Å². The summed E-state index contributed by atoms with van der Waals surface area (Å²) in [5.74, 6) is 0. The van der Waals surface area contributed by atoms with Crippen molar-refractivity contribution in [3.63, 3.8) is 0 Å². The monoisotopic (exact) mass is 349 g/mol. The molecule has 0 fully saturated rings. The third-order valence-electron chi connectivity index (χ3n) is 4.76. The molecule has 0 saturated carbocycles. The molecule has 2 heterocycles. The lowest BCUT2D eigenvalue weighted by Gasteiger charge is -2.03. The third-order valence-corrected chi connectivity index (χ3v) is 4.76. The molecule has 0 saturated heterocycles. The van der Waals surface area contributed by atoms with Crippen LogP contribution in [0.4, 0.5) is 5.69 Å². The molecule has 128 valence electrons. The van der Waals surface area contributed by atoms with Gasteiger partial charge < -0.3 is 0 Å². The largest absolute Gasteiger partial charge is 0.256 e. The fourth-order valence-corrected chi connectivity index (χ4v) is 3.33. The van der Waals surface area contributed by atoms with Crippen molar-refractivity contribution >= 4 is 22.2 Å². The van der Waals surface area contributed by atoms with E-state index >= 15 is 0 Å². The highest BCUT2D eigenvalue weighted by Crippen LogP contribution is 2.25. The number of nitrogens with zero attached hydrogens (tertiary/aromatic N) is 4. The Kier molecular flexibility index (Phi) is 3.79. The first kappa shape index (κ1) is 15.6. The van der Waals surface area contributed by atoms with Crippen molar-refractivity contribution < 1.29 is 4.70 Å². The van der Waals surface area contributed by atoms with Crippen LogP contribution in [0, 0.1) is 0 Å². The normalized spacial score (nSPS) is 13.5. The topological polar surface area (TPSA) is 40.6 Å². The molecule has 1 aliphatic rings. The molecular weight excluding hydrogens is 332 g/mol. The predicted molar refractivity (Wildman–Crippen MR) is 107 cm³/mol. The first-order valence-corrected chi connectivity index (χ1v) is 8.92. The number of pyridine rings is 1. The highest BCUT2D eigenvalue weighted by molar-refractivity contribution is 6.04. The Bertz CT molecular complexity index is 1190. The van der Waals surface area contributed by atoms with Gasteiger partial charge in [0.2, 0.25) is 5.71 Å². The van der Waals surface area contributed by atoms with E-state index in [2.05, 4.69) is 76.0 Å². The van der Waals surface area contributed by atoms with E-state index in [0.29, 0.717) is 6.54 Å². The second kappa shape index (κ2) is 6.57. The summed E-state index contributed by atoms with van der Waals surface area (Å²) < 4.78 is 1.93. The van der Waals surface area contributed by atoms with E-state index in [-0.39, 0.29) is 0 Å². The van der Waals surface area contributed by atoms with Gasteiger partial charge in [-0.05, 0) is 41.1 Å². The molecule has 0 radical (unpaired) electrons. The van der Waals surface area contributed by atoms with E-state index in [1.165, 1.54) is 10.8 Å². The predicted octanol–water partition coefficient (Wildman–Crippen LogP) is 5.42. The minimum absolute atomic E-state index is 0.657. The Morgan fingerprint density at radius 1 is 0.704 bits per heavy atom. The lowest BCUT2D eigenvalue weighted by molar-refractivity contribution is -0.492. The average Bonchev–Trinajstić information content (AvgIpc) is 3.24. The van der Waals surface area contributed by atoms with Crippen molar-refractivity contribution in [1.29, 1.82) is 0 Å². The quantitative estimate of drug-likeness (QED) is 0.456. The van der Waals surface area contributed by atoms with Crippen LogP contribution >= 0.6 is 0 Å². The first-order chi connectivity index (χ1) is 13.4. The summed E-state index contributed by atoms with van der Waals surface area (Å²) in [5.41, 5.74) is 5.12. The van der Waals surface area contributed by atoms with Crippen LogP contribution in [0.5, 0.6) is 0 Å². The van der Waals surface area contributed by atoms with E-state index in [1.54, 1.807) is 0 Å². The van der Waals surface area contributed by atoms with Gasteiger partial charge in [-0.15, -0.1) is 4.70 Å². The fraction of sp³-hybridized carbons (Fsp3) is 0.0435. The van der Waals surface area contributed by atoms with Gasteiger partial charge in [-0.25, -0.2) is 0 Å². The SMILES string of the molecule is c1ccc(-c2cccc([N+]3=NN=C(c4ccc5ccccc5c4)C3)c2)nc1. The standard InChI is InChI=1S/C23H17N4/c1-2-7-18-14-20(12-11-17(18)6-1)23-16-27(26-25-23)21-9-5-8-19(15-21)22-10-3-4-13-24-22/h1-15H,16H2/q+1. The summed E-state index contributed by atoms with van der Waals surface area (Å²) in [4.78, 5) is 4.43. The number of fused-ring (bicyclic) bond motifs is 1. The van der Waals surface area contributed by atoms with Crippen molar-refractivity contribution in [3.05, 3.63) is 96.7 Å². The van der Waals surface area contributed by atoms with Gasteiger partial charge in [-0.2, -0.15) is 0 Å². The minimum atomic E-state index is 0.657. The summed E-state index contributed by atoms with van der Waals surface area (Å²) >= 11 is 0. The highest BCUT2D eigenvalue weighted by Gasteiger charge is 2.24. The Balaban J connectivity index is 1.41. The van der Waals surface area contributed by atoms with Gasteiger partial charge in [0.15, 0.2) is 12.2 Å². The Labute approximate surface area is 157 Å². The van der Waals surface area contributed by atoms with E-state index in [4.69, 9.17) is 0 Å². The van der Waals surface area contributed by atoms with E-state index in [0.717, 1.165) is 28.2 Å². The van der Waals surface area contributed by atoms with Crippen molar-refractivity contribution in [3.8, 4) is 11.3 Å². The smallest absolute Gasteiger partial charge is 0.231 e. The van der Waals surface area contributed by atoms with E-state index < -0.39 is 0 Å². The van der Waals surface area contributed by atoms with Gasteiger partial charge in [0, 0.05) is 17.3 Å². The molecule has 4 aromatic rings. The third kappa shape index (κ3) is 3.02. The number of hydrogen-bond donors (Lipinski definition) is 0. The number of aromatic nitrogens is 1.